The highest BCUT2D eigenvalue weighted by Crippen LogP contribution is 2.13. The molecule has 0 unspecified atom stereocenters. The largest absolute Gasteiger partial charge is 0.270 e. The highest BCUT2D eigenvalue weighted by atomic mass is 32.2. The summed E-state index contributed by atoms with van der Waals surface area (Å²) in [5.41, 5.74) is 1.73. The average molecular weight is 311 g/mol. The van der Waals surface area contributed by atoms with Crippen molar-refractivity contribution in [3.05, 3.63) is 29.8 Å². The molecule has 2 aromatic heterocycles. The number of nitrogens with zero attached hydrogens (tertiary/aromatic N) is 4. The first-order valence-electron chi connectivity index (χ1n) is 6.96. The number of rotatable bonds is 7. The van der Waals surface area contributed by atoms with E-state index in [4.69, 9.17) is 0 Å². The van der Waals surface area contributed by atoms with Gasteiger partial charge in [-0.1, -0.05) is 0 Å². The van der Waals surface area contributed by atoms with E-state index in [9.17, 15) is 8.42 Å². The zero-order valence-corrected chi connectivity index (χ0v) is 13.4. The molecule has 0 aromatic carbocycles. The van der Waals surface area contributed by atoms with Crippen molar-refractivity contribution in [3.63, 3.8) is 0 Å². The van der Waals surface area contributed by atoms with Gasteiger partial charge in [0, 0.05) is 31.5 Å². The number of sulfonamides is 1. The smallest absolute Gasteiger partial charge is 0.243 e. The van der Waals surface area contributed by atoms with Gasteiger partial charge >= 0.3 is 0 Å². The SMILES string of the molecule is CCn1ncc(S(=O)(=O)NCCCn2nccc2C)c1C. The van der Waals surface area contributed by atoms with Gasteiger partial charge in [-0.25, -0.2) is 13.1 Å². The third-order valence-electron chi connectivity index (χ3n) is 3.41. The Hall–Kier alpha value is -1.67. The summed E-state index contributed by atoms with van der Waals surface area (Å²) < 4.78 is 30.6. The Balaban J connectivity index is 1.92. The Morgan fingerprint density at radius 3 is 2.57 bits per heavy atom. The molecule has 0 aliphatic heterocycles. The van der Waals surface area contributed by atoms with Gasteiger partial charge in [0.25, 0.3) is 0 Å². The lowest BCUT2D eigenvalue weighted by atomic mass is 10.4. The molecule has 0 bridgehead atoms. The first-order valence-corrected chi connectivity index (χ1v) is 8.44. The molecule has 8 heteroatoms. The van der Waals surface area contributed by atoms with Crippen LogP contribution >= 0.6 is 0 Å². The Labute approximate surface area is 125 Å². The van der Waals surface area contributed by atoms with E-state index in [1.165, 1.54) is 6.20 Å². The first kappa shape index (κ1) is 15.7. The maximum absolute atomic E-state index is 12.2. The molecule has 0 aliphatic carbocycles. The normalized spacial score (nSPS) is 12.0. The molecular formula is C13H21N5O2S. The second kappa shape index (κ2) is 6.40. The van der Waals surface area contributed by atoms with Crippen molar-refractivity contribution in [1.82, 2.24) is 24.3 Å². The summed E-state index contributed by atoms with van der Waals surface area (Å²) in [6.07, 6.45) is 3.82. The number of aryl methyl sites for hydroxylation is 3. The number of aromatic nitrogens is 4. The summed E-state index contributed by atoms with van der Waals surface area (Å²) >= 11 is 0. The van der Waals surface area contributed by atoms with Crippen LogP contribution in [0, 0.1) is 13.8 Å². The maximum atomic E-state index is 12.2. The van der Waals surface area contributed by atoms with Crippen molar-refractivity contribution in [3.8, 4) is 0 Å². The molecule has 1 N–H and O–H groups in total. The Bertz CT molecular complexity index is 702. The number of hydrogen-bond acceptors (Lipinski definition) is 4. The molecule has 0 atom stereocenters. The van der Waals surface area contributed by atoms with Gasteiger partial charge < -0.3 is 0 Å². The first-order chi connectivity index (χ1) is 9.95. The molecule has 0 spiro atoms. The van der Waals surface area contributed by atoms with E-state index in [2.05, 4.69) is 14.9 Å². The predicted molar refractivity (Wildman–Crippen MR) is 79.4 cm³/mol. The van der Waals surface area contributed by atoms with Crippen LogP contribution in [0.3, 0.4) is 0 Å². The van der Waals surface area contributed by atoms with Crippen molar-refractivity contribution in [1.29, 1.82) is 0 Å². The molecule has 0 saturated carbocycles. The summed E-state index contributed by atoms with van der Waals surface area (Å²) in [6, 6.07) is 1.92. The minimum atomic E-state index is -3.49. The Morgan fingerprint density at radius 2 is 2.00 bits per heavy atom. The van der Waals surface area contributed by atoms with Crippen LogP contribution in [0.25, 0.3) is 0 Å². The van der Waals surface area contributed by atoms with E-state index < -0.39 is 10.0 Å². The summed E-state index contributed by atoms with van der Waals surface area (Å²) in [6.45, 7) is 7.38. The molecular weight excluding hydrogens is 290 g/mol. The van der Waals surface area contributed by atoms with E-state index in [0.29, 0.717) is 31.7 Å². The van der Waals surface area contributed by atoms with Gasteiger partial charge in [-0.05, 0) is 33.3 Å². The molecule has 0 fully saturated rings. The van der Waals surface area contributed by atoms with Crippen LogP contribution < -0.4 is 4.72 Å². The fraction of sp³-hybridized carbons (Fsp3) is 0.538. The summed E-state index contributed by atoms with van der Waals surface area (Å²) in [7, 11) is -3.49. The topological polar surface area (TPSA) is 81.8 Å². The molecule has 0 radical (unpaired) electrons. The van der Waals surface area contributed by atoms with Gasteiger partial charge in [0.2, 0.25) is 10.0 Å². The lowest BCUT2D eigenvalue weighted by Crippen LogP contribution is -2.26. The summed E-state index contributed by atoms with van der Waals surface area (Å²) in [4.78, 5) is 0.250. The number of hydrogen-bond donors (Lipinski definition) is 1. The van der Waals surface area contributed by atoms with Gasteiger partial charge in [0.15, 0.2) is 0 Å². The van der Waals surface area contributed by atoms with E-state index in [0.717, 1.165) is 5.69 Å². The van der Waals surface area contributed by atoms with Gasteiger partial charge in [0.1, 0.15) is 4.90 Å². The van der Waals surface area contributed by atoms with Crippen molar-refractivity contribution >= 4 is 10.0 Å². The van der Waals surface area contributed by atoms with Crippen LogP contribution in [0.1, 0.15) is 24.7 Å². The minimum absolute atomic E-state index is 0.250. The molecule has 116 valence electrons. The zero-order valence-electron chi connectivity index (χ0n) is 12.6. The summed E-state index contributed by atoms with van der Waals surface area (Å²) in [5, 5.41) is 8.23. The van der Waals surface area contributed by atoms with Crippen LogP contribution in [0.15, 0.2) is 23.4 Å². The molecule has 21 heavy (non-hydrogen) atoms. The van der Waals surface area contributed by atoms with Crippen LogP contribution in [0.2, 0.25) is 0 Å². The zero-order chi connectivity index (χ0) is 15.5. The minimum Gasteiger partial charge on any atom is -0.270 e. The van der Waals surface area contributed by atoms with Gasteiger partial charge in [-0.3, -0.25) is 9.36 Å². The van der Waals surface area contributed by atoms with E-state index in [-0.39, 0.29) is 4.90 Å². The van der Waals surface area contributed by atoms with Crippen molar-refractivity contribution in [2.45, 2.75) is 45.2 Å². The van der Waals surface area contributed by atoms with Gasteiger partial charge in [-0.15, -0.1) is 0 Å². The standard InChI is InChI=1S/C13H21N5O2S/c1-4-17-12(3)13(10-15-17)21(19,20)16-7-5-9-18-11(2)6-8-14-18/h6,8,10,16H,4-5,7,9H2,1-3H3. The third-order valence-corrected chi connectivity index (χ3v) is 4.98. The van der Waals surface area contributed by atoms with Crippen LogP contribution in [-0.4, -0.2) is 34.5 Å². The van der Waals surface area contributed by atoms with Crippen molar-refractivity contribution < 1.29 is 8.42 Å². The summed E-state index contributed by atoms with van der Waals surface area (Å²) in [5.74, 6) is 0. The lowest BCUT2D eigenvalue weighted by molar-refractivity contribution is 0.545. The molecule has 2 aromatic rings. The molecule has 2 rings (SSSR count). The highest BCUT2D eigenvalue weighted by molar-refractivity contribution is 7.89. The molecule has 0 amide bonds. The second-order valence-electron chi connectivity index (χ2n) is 4.86. The fourth-order valence-electron chi connectivity index (χ4n) is 2.16. The third kappa shape index (κ3) is 3.51. The van der Waals surface area contributed by atoms with Crippen molar-refractivity contribution in [2.24, 2.45) is 0 Å². The van der Waals surface area contributed by atoms with Gasteiger partial charge in [0.05, 0.1) is 11.9 Å². The average Bonchev–Trinajstić information content (AvgIpc) is 3.01. The predicted octanol–water partition coefficient (Wildman–Crippen LogP) is 1.08. The Kier molecular flexibility index (Phi) is 4.79. The van der Waals surface area contributed by atoms with Crippen molar-refractivity contribution in [2.75, 3.05) is 6.54 Å². The molecule has 0 aliphatic rings. The van der Waals surface area contributed by atoms with Crippen LogP contribution in [0.4, 0.5) is 0 Å². The second-order valence-corrected chi connectivity index (χ2v) is 6.59. The van der Waals surface area contributed by atoms with E-state index in [1.807, 2.05) is 24.6 Å². The molecule has 7 nitrogen and oxygen atoms in total. The lowest BCUT2D eigenvalue weighted by Gasteiger charge is -2.07. The molecule has 0 saturated heterocycles. The fourth-order valence-corrected chi connectivity index (χ4v) is 3.41. The molecule has 2 heterocycles. The highest BCUT2D eigenvalue weighted by Gasteiger charge is 2.19. The van der Waals surface area contributed by atoms with Gasteiger partial charge in [-0.2, -0.15) is 10.2 Å². The van der Waals surface area contributed by atoms with Crippen LogP contribution in [-0.2, 0) is 23.1 Å². The Morgan fingerprint density at radius 1 is 1.24 bits per heavy atom. The monoisotopic (exact) mass is 311 g/mol. The quantitative estimate of drug-likeness (QED) is 0.776. The maximum Gasteiger partial charge on any atom is 0.243 e. The number of nitrogens with one attached hydrogen (secondary N) is 1. The van der Waals surface area contributed by atoms with E-state index >= 15 is 0 Å². The van der Waals surface area contributed by atoms with E-state index in [1.54, 1.807) is 17.8 Å². The van der Waals surface area contributed by atoms with Crippen LogP contribution in [0.5, 0.6) is 0 Å².